The second kappa shape index (κ2) is 7.55. The SMILES string of the molecule is CC1Cc2c(ncnc2C2CCNN2)CN1C(=O)c1cccc(C(F)(F)F)c1Cl. The number of hydrogen-bond donors (Lipinski definition) is 2. The largest absolute Gasteiger partial charge is 0.417 e. The molecule has 0 radical (unpaired) electrons. The second-order valence-corrected chi connectivity index (χ2v) is 7.63. The number of carbonyl (C=O) groups excluding carboxylic acids is 1. The zero-order chi connectivity index (χ0) is 20.8. The zero-order valence-electron chi connectivity index (χ0n) is 15.6. The van der Waals surface area contributed by atoms with Gasteiger partial charge in [-0.05, 0) is 31.9 Å². The minimum atomic E-state index is -4.63. The van der Waals surface area contributed by atoms with Crippen molar-refractivity contribution in [2.24, 2.45) is 0 Å². The number of nitrogens with one attached hydrogen (secondary N) is 2. The van der Waals surface area contributed by atoms with Crippen LogP contribution >= 0.6 is 11.6 Å². The number of amides is 1. The van der Waals surface area contributed by atoms with Crippen molar-refractivity contribution >= 4 is 17.5 Å². The molecule has 2 atom stereocenters. The lowest BCUT2D eigenvalue weighted by molar-refractivity contribution is -0.137. The highest BCUT2D eigenvalue weighted by Gasteiger charge is 2.37. The maximum Gasteiger partial charge on any atom is 0.417 e. The van der Waals surface area contributed by atoms with Crippen LogP contribution in [0.1, 0.15) is 52.3 Å². The number of alkyl halides is 3. The molecule has 1 fully saturated rings. The Balaban J connectivity index is 1.65. The summed E-state index contributed by atoms with van der Waals surface area (Å²) in [7, 11) is 0. The van der Waals surface area contributed by atoms with Gasteiger partial charge < -0.3 is 4.90 Å². The van der Waals surface area contributed by atoms with E-state index in [1.54, 1.807) is 0 Å². The highest BCUT2D eigenvalue weighted by molar-refractivity contribution is 6.34. The molecule has 2 N–H and O–H groups in total. The maximum absolute atomic E-state index is 13.2. The molecule has 0 bridgehead atoms. The second-order valence-electron chi connectivity index (χ2n) is 7.25. The van der Waals surface area contributed by atoms with Gasteiger partial charge in [-0.2, -0.15) is 13.2 Å². The summed E-state index contributed by atoms with van der Waals surface area (Å²) >= 11 is 5.96. The minimum absolute atomic E-state index is 0.0686. The molecule has 29 heavy (non-hydrogen) atoms. The Morgan fingerprint density at radius 2 is 2.10 bits per heavy atom. The van der Waals surface area contributed by atoms with E-state index in [0.717, 1.165) is 30.3 Å². The van der Waals surface area contributed by atoms with Gasteiger partial charge in [0.1, 0.15) is 6.33 Å². The van der Waals surface area contributed by atoms with Crippen molar-refractivity contribution in [1.82, 2.24) is 25.7 Å². The Bertz CT molecular complexity index is 946. The van der Waals surface area contributed by atoms with Crippen LogP contribution in [0.3, 0.4) is 0 Å². The minimum Gasteiger partial charge on any atom is -0.330 e. The monoisotopic (exact) mass is 425 g/mol. The molecule has 2 aliphatic heterocycles. The topological polar surface area (TPSA) is 70.2 Å². The van der Waals surface area contributed by atoms with E-state index < -0.39 is 22.7 Å². The van der Waals surface area contributed by atoms with E-state index in [-0.39, 0.29) is 24.2 Å². The average molecular weight is 426 g/mol. The zero-order valence-corrected chi connectivity index (χ0v) is 16.3. The fraction of sp³-hybridized carbons (Fsp3) is 0.421. The van der Waals surface area contributed by atoms with Crippen LogP contribution in [-0.2, 0) is 19.1 Å². The molecule has 0 spiro atoms. The van der Waals surface area contributed by atoms with E-state index in [1.807, 2.05) is 6.92 Å². The van der Waals surface area contributed by atoms with Crippen molar-refractivity contribution in [3.05, 3.63) is 57.6 Å². The Morgan fingerprint density at radius 1 is 1.31 bits per heavy atom. The molecular weight excluding hydrogens is 407 g/mol. The van der Waals surface area contributed by atoms with Crippen LogP contribution in [0.5, 0.6) is 0 Å². The van der Waals surface area contributed by atoms with Gasteiger partial charge in [-0.1, -0.05) is 17.7 Å². The van der Waals surface area contributed by atoms with E-state index >= 15 is 0 Å². The van der Waals surface area contributed by atoms with Crippen molar-refractivity contribution in [1.29, 1.82) is 0 Å². The Hall–Kier alpha value is -2.23. The van der Waals surface area contributed by atoms with Crippen LogP contribution in [0, 0.1) is 0 Å². The standard InChI is InChI=1S/C19H19ClF3N5O/c1-10-7-12-15(24-9-25-17(12)14-5-6-26-27-14)8-28(10)18(29)11-3-2-4-13(16(11)20)19(21,22)23/h2-4,9-10,14,26-27H,5-8H2,1H3. The van der Waals surface area contributed by atoms with E-state index in [9.17, 15) is 18.0 Å². The van der Waals surface area contributed by atoms with Gasteiger partial charge >= 0.3 is 6.18 Å². The predicted octanol–water partition coefficient (Wildman–Crippen LogP) is 3.27. The third kappa shape index (κ3) is 3.70. The summed E-state index contributed by atoms with van der Waals surface area (Å²) in [6.45, 7) is 2.88. The molecule has 2 aromatic rings. The summed E-state index contributed by atoms with van der Waals surface area (Å²) in [4.78, 5) is 23.3. The quantitative estimate of drug-likeness (QED) is 0.772. The Morgan fingerprint density at radius 3 is 2.79 bits per heavy atom. The summed E-state index contributed by atoms with van der Waals surface area (Å²) < 4.78 is 39.5. The molecule has 1 aromatic carbocycles. The molecule has 10 heteroatoms. The van der Waals surface area contributed by atoms with E-state index in [1.165, 1.54) is 23.4 Å². The van der Waals surface area contributed by atoms with Gasteiger partial charge in [-0.15, -0.1) is 0 Å². The van der Waals surface area contributed by atoms with Crippen molar-refractivity contribution < 1.29 is 18.0 Å². The molecule has 6 nitrogen and oxygen atoms in total. The lowest BCUT2D eigenvalue weighted by Crippen LogP contribution is -2.44. The first-order valence-corrected chi connectivity index (χ1v) is 9.63. The molecule has 1 amide bonds. The molecule has 0 saturated carbocycles. The van der Waals surface area contributed by atoms with Crippen LogP contribution in [0.2, 0.25) is 5.02 Å². The maximum atomic E-state index is 13.2. The average Bonchev–Trinajstić information content (AvgIpc) is 3.20. The van der Waals surface area contributed by atoms with Gasteiger partial charge in [0.05, 0.1) is 40.1 Å². The number of rotatable bonds is 2. The Labute approximate surface area is 170 Å². The summed E-state index contributed by atoms with van der Waals surface area (Å²) in [5, 5.41) is -0.576. The van der Waals surface area contributed by atoms with Crippen molar-refractivity contribution in [2.75, 3.05) is 6.54 Å². The summed E-state index contributed by atoms with van der Waals surface area (Å²) in [5.41, 5.74) is 7.68. The number of fused-ring (bicyclic) bond motifs is 1. The number of carbonyl (C=O) groups is 1. The summed E-state index contributed by atoms with van der Waals surface area (Å²) in [6.07, 6.45) is -1.76. The van der Waals surface area contributed by atoms with Crippen molar-refractivity contribution in [2.45, 2.75) is 44.6 Å². The third-order valence-corrected chi connectivity index (χ3v) is 5.79. The van der Waals surface area contributed by atoms with Gasteiger partial charge in [0.15, 0.2) is 0 Å². The predicted molar refractivity (Wildman–Crippen MR) is 100 cm³/mol. The molecule has 3 heterocycles. The molecule has 2 unspecified atom stereocenters. The highest BCUT2D eigenvalue weighted by atomic mass is 35.5. The Kier molecular flexibility index (Phi) is 5.22. The molecule has 1 saturated heterocycles. The van der Waals surface area contributed by atoms with Crippen LogP contribution in [0.25, 0.3) is 0 Å². The first-order chi connectivity index (χ1) is 13.8. The van der Waals surface area contributed by atoms with Gasteiger partial charge in [0.2, 0.25) is 0 Å². The smallest absolute Gasteiger partial charge is 0.330 e. The number of benzene rings is 1. The normalized spacial score (nSPS) is 21.9. The molecule has 154 valence electrons. The van der Waals surface area contributed by atoms with Crippen LogP contribution < -0.4 is 10.9 Å². The van der Waals surface area contributed by atoms with Gasteiger partial charge in [0, 0.05) is 18.2 Å². The van der Waals surface area contributed by atoms with Gasteiger partial charge in [-0.25, -0.2) is 15.4 Å². The van der Waals surface area contributed by atoms with Crippen LogP contribution in [0.15, 0.2) is 24.5 Å². The van der Waals surface area contributed by atoms with Gasteiger partial charge in [-0.3, -0.25) is 10.2 Å². The van der Waals surface area contributed by atoms with Gasteiger partial charge in [0.25, 0.3) is 5.91 Å². The fourth-order valence-corrected chi connectivity index (χ4v) is 4.19. The molecule has 1 aromatic heterocycles. The number of nitrogens with zero attached hydrogens (tertiary/aromatic N) is 3. The van der Waals surface area contributed by atoms with Crippen LogP contribution in [-0.4, -0.2) is 33.4 Å². The fourth-order valence-electron chi connectivity index (χ4n) is 3.88. The van der Waals surface area contributed by atoms with E-state index in [2.05, 4.69) is 20.8 Å². The summed E-state index contributed by atoms with van der Waals surface area (Å²) in [5.74, 6) is -0.542. The number of hydrogen-bond acceptors (Lipinski definition) is 5. The molecule has 0 aliphatic carbocycles. The first-order valence-electron chi connectivity index (χ1n) is 9.25. The van der Waals surface area contributed by atoms with Crippen LogP contribution in [0.4, 0.5) is 13.2 Å². The van der Waals surface area contributed by atoms with E-state index in [4.69, 9.17) is 11.6 Å². The summed E-state index contributed by atoms with van der Waals surface area (Å²) in [6, 6.07) is 3.22. The lowest BCUT2D eigenvalue weighted by atomic mass is 9.93. The van der Waals surface area contributed by atoms with Crippen molar-refractivity contribution in [3.8, 4) is 0 Å². The number of halogens is 4. The molecule has 2 aliphatic rings. The highest BCUT2D eigenvalue weighted by Crippen LogP contribution is 2.37. The van der Waals surface area contributed by atoms with Crippen molar-refractivity contribution in [3.63, 3.8) is 0 Å². The number of hydrazine groups is 1. The molecular formula is C19H19ClF3N5O. The molecule has 4 rings (SSSR count). The van der Waals surface area contributed by atoms with E-state index in [0.29, 0.717) is 12.1 Å². The lowest BCUT2D eigenvalue weighted by Gasteiger charge is -2.35. The number of aromatic nitrogens is 2. The third-order valence-electron chi connectivity index (χ3n) is 5.38. The first kappa shape index (κ1) is 20.1.